The van der Waals surface area contributed by atoms with E-state index in [-0.39, 0.29) is 12.6 Å². The maximum atomic E-state index is 8.96. The first-order chi connectivity index (χ1) is 7.69. The van der Waals surface area contributed by atoms with Gasteiger partial charge in [-0.15, -0.1) is 0 Å². The fourth-order valence-corrected chi connectivity index (χ4v) is 1.87. The van der Waals surface area contributed by atoms with E-state index in [0.29, 0.717) is 0 Å². The molecule has 0 amide bonds. The van der Waals surface area contributed by atoms with E-state index in [1.165, 1.54) is 0 Å². The van der Waals surface area contributed by atoms with Crippen molar-refractivity contribution in [2.24, 2.45) is 0 Å². The standard InChI is InChI=1S/C12H13BrN2O/c1-8(7-16)15-12-5-10-4-11(13)3-2-9(10)6-14-12/h2-6,8,16H,7H2,1H3,(H,14,15)/t8-/m0/s1. The summed E-state index contributed by atoms with van der Waals surface area (Å²) in [6.45, 7) is 2.00. The minimum Gasteiger partial charge on any atom is -0.394 e. The molecule has 1 aromatic carbocycles. The van der Waals surface area contributed by atoms with Crippen LogP contribution in [0.2, 0.25) is 0 Å². The van der Waals surface area contributed by atoms with Crippen LogP contribution < -0.4 is 5.32 Å². The molecule has 0 radical (unpaired) electrons. The van der Waals surface area contributed by atoms with Gasteiger partial charge in [0.15, 0.2) is 0 Å². The Labute approximate surface area is 103 Å². The number of hydrogen-bond acceptors (Lipinski definition) is 3. The Morgan fingerprint density at radius 3 is 2.94 bits per heavy atom. The molecule has 0 bridgehead atoms. The third-order valence-corrected chi connectivity index (χ3v) is 2.85. The highest BCUT2D eigenvalue weighted by Crippen LogP contribution is 2.21. The third kappa shape index (κ3) is 2.51. The zero-order chi connectivity index (χ0) is 11.5. The van der Waals surface area contributed by atoms with Gasteiger partial charge in [0.05, 0.1) is 6.61 Å². The van der Waals surface area contributed by atoms with E-state index in [1.54, 1.807) is 0 Å². The fourth-order valence-electron chi connectivity index (χ4n) is 1.49. The van der Waals surface area contributed by atoms with Gasteiger partial charge in [-0.25, -0.2) is 4.98 Å². The summed E-state index contributed by atoms with van der Waals surface area (Å²) in [5.74, 6) is 0.784. The van der Waals surface area contributed by atoms with Gasteiger partial charge in [0.1, 0.15) is 5.82 Å². The van der Waals surface area contributed by atoms with Crippen LogP contribution in [0.25, 0.3) is 10.8 Å². The molecule has 1 heterocycles. The van der Waals surface area contributed by atoms with Gasteiger partial charge in [0.25, 0.3) is 0 Å². The van der Waals surface area contributed by atoms with Crippen LogP contribution in [0, 0.1) is 0 Å². The molecular formula is C12H13BrN2O. The van der Waals surface area contributed by atoms with Crippen LogP contribution in [0.3, 0.4) is 0 Å². The largest absolute Gasteiger partial charge is 0.394 e. The average Bonchev–Trinajstić information content (AvgIpc) is 2.28. The van der Waals surface area contributed by atoms with E-state index in [4.69, 9.17) is 5.11 Å². The first kappa shape index (κ1) is 11.4. The molecule has 3 nitrogen and oxygen atoms in total. The van der Waals surface area contributed by atoms with Crippen molar-refractivity contribution in [1.29, 1.82) is 0 Å². The van der Waals surface area contributed by atoms with E-state index in [9.17, 15) is 0 Å². The monoisotopic (exact) mass is 280 g/mol. The van der Waals surface area contributed by atoms with Gasteiger partial charge in [-0.1, -0.05) is 22.0 Å². The smallest absolute Gasteiger partial charge is 0.126 e. The fraction of sp³-hybridized carbons (Fsp3) is 0.250. The number of fused-ring (bicyclic) bond motifs is 1. The van der Waals surface area contributed by atoms with Crippen LogP contribution in [0.15, 0.2) is 34.9 Å². The van der Waals surface area contributed by atoms with Gasteiger partial charge in [0.2, 0.25) is 0 Å². The van der Waals surface area contributed by atoms with Gasteiger partial charge in [-0.3, -0.25) is 0 Å². The summed E-state index contributed by atoms with van der Waals surface area (Å²) in [5, 5.41) is 14.3. The number of halogens is 1. The van der Waals surface area contributed by atoms with Crippen LogP contribution in [0.1, 0.15) is 6.92 Å². The summed E-state index contributed by atoms with van der Waals surface area (Å²) in [7, 11) is 0. The lowest BCUT2D eigenvalue weighted by atomic mass is 10.2. The number of rotatable bonds is 3. The minimum absolute atomic E-state index is 0.0112. The summed E-state index contributed by atoms with van der Waals surface area (Å²) in [4.78, 5) is 4.29. The molecule has 4 heteroatoms. The summed E-state index contributed by atoms with van der Waals surface area (Å²) in [5.41, 5.74) is 0. The third-order valence-electron chi connectivity index (χ3n) is 2.35. The number of anilines is 1. The van der Waals surface area contributed by atoms with Crippen LogP contribution in [-0.4, -0.2) is 22.7 Å². The predicted molar refractivity (Wildman–Crippen MR) is 69.6 cm³/mol. The van der Waals surface area contributed by atoms with Crippen molar-refractivity contribution in [1.82, 2.24) is 4.98 Å². The van der Waals surface area contributed by atoms with Gasteiger partial charge < -0.3 is 10.4 Å². The number of hydrogen-bond donors (Lipinski definition) is 2. The van der Waals surface area contributed by atoms with Gasteiger partial charge in [-0.05, 0) is 30.5 Å². The molecule has 0 unspecified atom stereocenters. The number of aliphatic hydroxyl groups is 1. The van der Waals surface area contributed by atoms with Crippen molar-refractivity contribution < 1.29 is 5.11 Å². The lowest BCUT2D eigenvalue weighted by Crippen LogP contribution is -2.19. The van der Waals surface area contributed by atoms with Gasteiger partial charge in [0, 0.05) is 22.1 Å². The van der Waals surface area contributed by atoms with Crippen molar-refractivity contribution in [3.63, 3.8) is 0 Å². The molecule has 0 aliphatic rings. The molecular weight excluding hydrogens is 268 g/mol. The number of pyridine rings is 1. The molecule has 2 rings (SSSR count). The molecule has 2 aromatic rings. The normalized spacial score (nSPS) is 12.7. The maximum absolute atomic E-state index is 8.96. The molecule has 0 aliphatic heterocycles. The van der Waals surface area contributed by atoms with E-state index in [0.717, 1.165) is 21.1 Å². The van der Waals surface area contributed by atoms with Crippen LogP contribution in [0.5, 0.6) is 0 Å². The predicted octanol–water partition coefficient (Wildman–Crippen LogP) is 2.79. The Morgan fingerprint density at radius 2 is 2.19 bits per heavy atom. The van der Waals surface area contributed by atoms with Crippen LogP contribution in [0.4, 0.5) is 5.82 Å². The zero-order valence-electron chi connectivity index (χ0n) is 8.94. The Hall–Kier alpha value is -1.13. The molecule has 2 N–H and O–H groups in total. The van der Waals surface area contributed by atoms with E-state index in [1.807, 2.05) is 37.4 Å². The van der Waals surface area contributed by atoms with Crippen molar-refractivity contribution in [2.75, 3.05) is 11.9 Å². The molecule has 0 fully saturated rings. The van der Waals surface area contributed by atoms with E-state index in [2.05, 4.69) is 26.2 Å². The van der Waals surface area contributed by atoms with Crippen molar-refractivity contribution >= 4 is 32.5 Å². The summed E-state index contributed by atoms with van der Waals surface area (Å²) >= 11 is 3.44. The molecule has 84 valence electrons. The van der Waals surface area contributed by atoms with E-state index >= 15 is 0 Å². The zero-order valence-corrected chi connectivity index (χ0v) is 10.5. The number of aliphatic hydroxyl groups excluding tert-OH is 1. The number of aromatic nitrogens is 1. The van der Waals surface area contributed by atoms with Crippen LogP contribution >= 0.6 is 15.9 Å². The highest BCUT2D eigenvalue weighted by Gasteiger charge is 2.02. The lowest BCUT2D eigenvalue weighted by molar-refractivity contribution is 0.281. The Morgan fingerprint density at radius 1 is 1.38 bits per heavy atom. The second-order valence-corrected chi connectivity index (χ2v) is 4.70. The molecule has 1 aromatic heterocycles. The number of benzene rings is 1. The van der Waals surface area contributed by atoms with E-state index < -0.39 is 0 Å². The highest BCUT2D eigenvalue weighted by atomic mass is 79.9. The Bertz CT molecular complexity index is 501. The molecule has 16 heavy (non-hydrogen) atoms. The first-order valence-electron chi connectivity index (χ1n) is 5.12. The van der Waals surface area contributed by atoms with Gasteiger partial charge in [-0.2, -0.15) is 0 Å². The average molecular weight is 281 g/mol. The molecule has 1 atom stereocenters. The second kappa shape index (κ2) is 4.80. The van der Waals surface area contributed by atoms with Crippen LogP contribution in [-0.2, 0) is 0 Å². The summed E-state index contributed by atoms with van der Waals surface area (Å²) < 4.78 is 1.05. The quantitative estimate of drug-likeness (QED) is 0.909. The first-order valence-corrected chi connectivity index (χ1v) is 5.91. The van der Waals surface area contributed by atoms with Crippen molar-refractivity contribution in [2.45, 2.75) is 13.0 Å². The summed E-state index contributed by atoms with van der Waals surface area (Å²) in [6, 6.07) is 8.05. The maximum Gasteiger partial charge on any atom is 0.126 e. The van der Waals surface area contributed by atoms with Crippen molar-refractivity contribution in [3.8, 4) is 0 Å². The number of nitrogens with zero attached hydrogens (tertiary/aromatic N) is 1. The molecule has 0 spiro atoms. The highest BCUT2D eigenvalue weighted by molar-refractivity contribution is 9.10. The molecule has 0 saturated heterocycles. The Kier molecular flexibility index (Phi) is 3.41. The van der Waals surface area contributed by atoms with Gasteiger partial charge >= 0.3 is 0 Å². The SMILES string of the molecule is C[C@@H](CO)Nc1cc2cc(Br)ccc2cn1. The lowest BCUT2D eigenvalue weighted by Gasteiger charge is -2.11. The molecule has 0 saturated carbocycles. The van der Waals surface area contributed by atoms with Crippen molar-refractivity contribution in [3.05, 3.63) is 34.9 Å². The number of nitrogens with one attached hydrogen (secondary N) is 1. The Balaban J connectivity index is 2.35. The minimum atomic E-state index is 0.0112. The molecule has 0 aliphatic carbocycles. The second-order valence-electron chi connectivity index (χ2n) is 3.79. The summed E-state index contributed by atoms with van der Waals surface area (Å²) in [6.07, 6.45) is 1.83. The topological polar surface area (TPSA) is 45.1 Å².